The van der Waals surface area contributed by atoms with Crippen LogP contribution in [0.4, 0.5) is 4.79 Å². The molecule has 0 bridgehead atoms. The monoisotopic (exact) mass is 402 g/mol. The van der Waals surface area contributed by atoms with E-state index in [9.17, 15) is 19.5 Å². The Bertz CT molecular complexity index is 666. The number of nitrogens with zero attached hydrogens (tertiary/aromatic N) is 1. The second-order valence-electron chi connectivity index (χ2n) is 6.61. The van der Waals surface area contributed by atoms with E-state index < -0.39 is 36.0 Å². The highest BCUT2D eigenvalue weighted by Crippen LogP contribution is 2.57. The quantitative estimate of drug-likeness (QED) is 0.375. The molecule has 152 valence electrons. The van der Waals surface area contributed by atoms with Gasteiger partial charge in [0.2, 0.25) is 0 Å². The summed E-state index contributed by atoms with van der Waals surface area (Å²) in [4.78, 5) is 23.4. The van der Waals surface area contributed by atoms with Crippen molar-refractivity contribution in [1.29, 1.82) is 0 Å². The number of hydrogen-bond acceptors (Lipinski definition) is 7. The Morgan fingerprint density at radius 1 is 1.19 bits per heavy atom. The molecule has 1 amide bonds. The van der Waals surface area contributed by atoms with Gasteiger partial charge in [0.25, 0.3) is 0 Å². The summed E-state index contributed by atoms with van der Waals surface area (Å²) in [5, 5.41) is 14.3. The summed E-state index contributed by atoms with van der Waals surface area (Å²) in [6, 6.07) is 6.92. The Labute approximate surface area is 159 Å². The van der Waals surface area contributed by atoms with Gasteiger partial charge >= 0.3 is 19.5 Å². The van der Waals surface area contributed by atoms with Gasteiger partial charge in [-0.1, -0.05) is 30.3 Å². The van der Waals surface area contributed by atoms with Crippen LogP contribution >= 0.6 is 7.60 Å². The lowest BCUT2D eigenvalue weighted by atomic mass is 10.1. The zero-order valence-corrected chi connectivity index (χ0v) is 17.1. The average molecular weight is 402 g/mol. The van der Waals surface area contributed by atoms with Crippen molar-refractivity contribution in [3.8, 4) is 0 Å². The fourth-order valence-electron chi connectivity index (χ4n) is 2.39. The van der Waals surface area contributed by atoms with Gasteiger partial charge in [-0.25, -0.2) is 4.79 Å². The summed E-state index contributed by atoms with van der Waals surface area (Å²) in [5.41, 5.74) is -0.427. The molecule has 1 aromatic carbocycles. The molecule has 1 aromatic rings. The van der Waals surface area contributed by atoms with E-state index in [1.165, 1.54) is 0 Å². The SMILES string of the molecule is CCOP(=O)(OCC)[C@@H]([C@@H](NC(=O)OC(C)(C)C)c1ccccc1)[N+](=O)[O-]. The highest BCUT2D eigenvalue weighted by atomic mass is 31.2. The number of ether oxygens (including phenoxy) is 1. The Morgan fingerprint density at radius 3 is 2.11 bits per heavy atom. The minimum absolute atomic E-state index is 0.0461. The second kappa shape index (κ2) is 9.82. The standard InChI is InChI=1S/C17H27N2O7P/c1-6-24-27(23,25-7-2)15(19(21)22)14(13-11-9-8-10-12-13)18-16(20)26-17(3,4)5/h8-12,14-15H,6-7H2,1-5H3,(H,18,20)/t14-,15-/m0/s1. The maximum Gasteiger partial charge on any atom is 0.408 e. The van der Waals surface area contributed by atoms with E-state index in [1.54, 1.807) is 65.0 Å². The summed E-state index contributed by atoms with van der Waals surface area (Å²) in [5.74, 6) is -1.84. The molecular formula is C17H27N2O7P. The maximum atomic E-state index is 13.2. The lowest BCUT2D eigenvalue weighted by Crippen LogP contribution is -2.43. The third kappa shape index (κ3) is 6.93. The Kier molecular flexibility index (Phi) is 8.40. The molecule has 0 fully saturated rings. The fraction of sp³-hybridized carbons (Fsp3) is 0.588. The lowest BCUT2D eigenvalue weighted by Gasteiger charge is -2.28. The first-order valence-electron chi connectivity index (χ1n) is 8.60. The van der Waals surface area contributed by atoms with Crippen LogP contribution in [0.1, 0.15) is 46.2 Å². The minimum atomic E-state index is -4.18. The highest BCUT2D eigenvalue weighted by Gasteiger charge is 2.52. The molecule has 2 atom stereocenters. The van der Waals surface area contributed by atoms with Gasteiger partial charge in [0.05, 0.1) is 13.2 Å². The lowest BCUT2D eigenvalue weighted by molar-refractivity contribution is -0.506. The molecule has 0 aromatic heterocycles. The zero-order chi connectivity index (χ0) is 20.7. The van der Waals surface area contributed by atoms with Gasteiger partial charge < -0.3 is 19.1 Å². The van der Waals surface area contributed by atoms with Crippen molar-refractivity contribution in [3.05, 3.63) is 46.0 Å². The topological polar surface area (TPSA) is 117 Å². The van der Waals surface area contributed by atoms with Crippen molar-refractivity contribution >= 4 is 13.7 Å². The van der Waals surface area contributed by atoms with E-state index in [-0.39, 0.29) is 13.2 Å². The molecule has 0 heterocycles. The summed E-state index contributed by atoms with van der Waals surface area (Å²) in [7, 11) is -4.18. The van der Waals surface area contributed by atoms with Crippen LogP contribution < -0.4 is 5.32 Å². The smallest absolute Gasteiger partial charge is 0.408 e. The van der Waals surface area contributed by atoms with E-state index in [1.807, 2.05) is 0 Å². The van der Waals surface area contributed by atoms with Gasteiger partial charge in [0.15, 0.2) is 0 Å². The molecule has 0 unspecified atom stereocenters. The Balaban J connectivity index is 3.37. The van der Waals surface area contributed by atoms with Crippen molar-refractivity contribution in [2.24, 2.45) is 0 Å². The van der Waals surface area contributed by atoms with Crippen LogP contribution in [0.2, 0.25) is 0 Å². The van der Waals surface area contributed by atoms with Crippen molar-refractivity contribution in [3.63, 3.8) is 0 Å². The van der Waals surface area contributed by atoms with Crippen LogP contribution in [0, 0.1) is 10.1 Å². The van der Waals surface area contributed by atoms with Crippen LogP contribution in [0.25, 0.3) is 0 Å². The first kappa shape index (κ1) is 23.1. The largest absolute Gasteiger partial charge is 0.444 e. The molecule has 9 nitrogen and oxygen atoms in total. The average Bonchev–Trinajstić information content (AvgIpc) is 2.53. The number of benzene rings is 1. The number of carbonyl (C=O) groups excluding carboxylic acids is 1. The van der Waals surface area contributed by atoms with Crippen LogP contribution in [0.15, 0.2) is 30.3 Å². The van der Waals surface area contributed by atoms with E-state index in [0.29, 0.717) is 5.56 Å². The van der Waals surface area contributed by atoms with Crippen LogP contribution in [-0.4, -0.2) is 35.6 Å². The summed E-state index contributed by atoms with van der Waals surface area (Å²) in [6.07, 6.45) is -0.872. The van der Waals surface area contributed by atoms with Crippen molar-refractivity contribution < 1.29 is 28.1 Å². The summed E-state index contributed by atoms with van der Waals surface area (Å²) in [6.45, 7) is 8.02. The van der Waals surface area contributed by atoms with E-state index >= 15 is 0 Å². The molecule has 0 aliphatic carbocycles. The first-order valence-corrected chi connectivity index (χ1v) is 10.2. The summed E-state index contributed by atoms with van der Waals surface area (Å²) < 4.78 is 28.7. The molecule has 1 rings (SSSR count). The molecule has 0 saturated heterocycles. The second-order valence-corrected chi connectivity index (χ2v) is 8.73. The molecule has 0 saturated carbocycles. The molecular weight excluding hydrogens is 375 g/mol. The third-order valence-electron chi connectivity index (χ3n) is 3.29. The fourth-order valence-corrected chi connectivity index (χ4v) is 4.34. The molecule has 27 heavy (non-hydrogen) atoms. The Morgan fingerprint density at radius 2 is 1.70 bits per heavy atom. The van der Waals surface area contributed by atoms with Gasteiger partial charge in [-0.15, -0.1) is 0 Å². The van der Waals surface area contributed by atoms with E-state index in [2.05, 4.69) is 5.32 Å². The number of nitro groups is 1. The molecule has 0 aliphatic rings. The number of hydrogen-bond donors (Lipinski definition) is 1. The van der Waals surface area contributed by atoms with Crippen LogP contribution in [0.3, 0.4) is 0 Å². The van der Waals surface area contributed by atoms with E-state index in [0.717, 1.165) is 0 Å². The minimum Gasteiger partial charge on any atom is -0.444 e. The molecule has 0 radical (unpaired) electrons. The number of rotatable bonds is 9. The number of amides is 1. The van der Waals surface area contributed by atoms with Gasteiger partial charge in [0, 0.05) is 4.92 Å². The normalized spacial score (nSPS) is 14.3. The molecule has 10 heteroatoms. The van der Waals surface area contributed by atoms with Gasteiger partial charge in [-0.2, -0.15) is 0 Å². The van der Waals surface area contributed by atoms with Crippen molar-refractivity contribution in [2.45, 2.75) is 52.0 Å². The van der Waals surface area contributed by atoms with Crippen molar-refractivity contribution in [1.82, 2.24) is 5.32 Å². The maximum absolute atomic E-state index is 13.2. The number of nitrogens with one attached hydrogen (secondary N) is 1. The molecule has 0 spiro atoms. The summed E-state index contributed by atoms with van der Waals surface area (Å²) >= 11 is 0. The van der Waals surface area contributed by atoms with Crippen LogP contribution in [0.5, 0.6) is 0 Å². The zero-order valence-electron chi connectivity index (χ0n) is 16.2. The predicted octanol–water partition coefficient (Wildman–Crippen LogP) is 4.12. The highest BCUT2D eigenvalue weighted by molar-refractivity contribution is 7.54. The van der Waals surface area contributed by atoms with E-state index in [4.69, 9.17) is 13.8 Å². The molecule has 1 N–H and O–H groups in total. The number of carbonyl (C=O) groups is 1. The van der Waals surface area contributed by atoms with Crippen LogP contribution in [-0.2, 0) is 18.3 Å². The predicted molar refractivity (Wildman–Crippen MR) is 100 cm³/mol. The number of alkyl carbamates (subject to hydrolysis) is 1. The van der Waals surface area contributed by atoms with Crippen molar-refractivity contribution in [2.75, 3.05) is 13.2 Å². The van der Waals surface area contributed by atoms with Gasteiger partial charge in [-0.05, 0) is 40.2 Å². The molecule has 0 aliphatic heterocycles. The third-order valence-corrected chi connectivity index (χ3v) is 5.66. The van der Waals surface area contributed by atoms with Gasteiger partial charge in [0.1, 0.15) is 11.6 Å². The van der Waals surface area contributed by atoms with Gasteiger partial charge in [-0.3, -0.25) is 14.7 Å². The Hall–Kier alpha value is -1.96. The first-order chi connectivity index (χ1) is 12.5.